The van der Waals surface area contributed by atoms with E-state index in [1.165, 1.54) is 12.1 Å². The maximum Gasteiger partial charge on any atom is 0.143 e. The van der Waals surface area contributed by atoms with Crippen LogP contribution in [0, 0.1) is 17.1 Å². The van der Waals surface area contributed by atoms with Gasteiger partial charge < -0.3 is 5.32 Å². The Kier molecular flexibility index (Phi) is 3.77. The number of nitrogens with one attached hydrogen (secondary N) is 1. The molecule has 0 saturated heterocycles. The summed E-state index contributed by atoms with van der Waals surface area (Å²) in [7, 11) is 0. The highest BCUT2D eigenvalue weighted by atomic mass is 79.9. The Hall–Kier alpha value is -1.38. The van der Waals surface area contributed by atoms with Gasteiger partial charge >= 0.3 is 0 Å². The van der Waals surface area contributed by atoms with Gasteiger partial charge in [0.15, 0.2) is 0 Å². The van der Waals surface area contributed by atoms with Crippen LogP contribution in [0.5, 0.6) is 0 Å². The van der Waals surface area contributed by atoms with E-state index >= 15 is 0 Å². The van der Waals surface area contributed by atoms with Crippen LogP contribution in [-0.4, -0.2) is 0 Å². The average Bonchev–Trinajstić information content (AvgIpc) is 2.73. The topological polar surface area (TPSA) is 35.8 Å². The number of halogens is 2. The number of anilines is 1. The molecule has 0 fully saturated rings. The van der Waals surface area contributed by atoms with E-state index in [9.17, 15) is 4.39 Å². The van der Waals surface area contributed by atoms with Crippen LogP contribution in [-0.2, 0) is 6.54 Å². The van der Waals surface area contributed by atoms with Crippen LogP contribution < -0.4 is 5.32 Å². The third kappa shape index (κ3) is 3.05. The standard InChI is InChI=1S/C12H8BrFN2S/c13-9-3-11(17-7-9)6-16-10-2-1-8(5-15)12(14)4-10/h1-4,7,16H,6H2. The van der Waals surface area contributed by atoms with Crippen molar-refractivity contribution >= 4 is 33.0 Å². The van der Waals surface area contributed by atoms with Gasteiger partial charge in [0.1, 0.15) is 11.9 Å². The van der Waals surface area contributed by atoms with E-state index in [2.05, 4.69) is 21.2 Å². The fourth-order valence-corrected chi connectivity index (χ4v) is 2.74. The van der Waals surface area contributed by atoms with Gasteiger partial charge in [-0.05, 0) is 40.2 Å². The number of nitrogens with zero attached hydrogens (tertiary/aromatic N) is 1. The highest BCUT2D eigenvalue weighted by Gasteiger charge is 2.03. The summed E-state index contributed by atoms with van der Waals surface area (Å²) in [5.41, 5.74) is 0.737. The predicted molar refractivity (Wildman–Crippen MR) is 70.5 cm³/mol. The second-order valence-electron chi connectivity index (χ2n) is 3.39. The number of benzene rings is 1. The first-order valence-corrected chi connectivity index (χ1v) is 6.53. The van der Waals surface area contributed by atoms with Gasteiger partial charge in [0.25, 0.3) is 0 Å². The second-order valence-corrected chi connectivity index (χ2v) is 5.30. The SMILES string of the molecule is N#Cc1ccc(NCc2cc(Br)cs2)cc1F. The Morgan fingerprint density at radius 2 is 2.24 bits per heavy atom. The van der Waals surface area contributed by atoms with Crippen molar-refractivity contribution in [2.75, 3.05) is 5.32 Å². The van der Waals surface area contributed by atoms with E-state index in [0.717, 1.165) is 9.35 Å². The van der Waals surface area contributed by atoms with Gasteiger partial charge in [-0.3, -0.25) is 0 Å². The molecule has 1 heterocycles. The lowest BCUT2D eigenvalue weighted by Crippen LogP contribution is -1.98. The summed E-state index contributed by atoms with van der Waals surface area (Å²) >= 11 is 5.00. The number of hydrogen-bond donors (Lipinski definition) is 1. The average molecular weight is 311 g/mol. The molecular formula is C12H8BrFN2S. The van der Waals surface area contributed by atoms with Crippen LogP contribution in [0.15, 0.2) is 34.1 Å². The molecule has 0 spiro atoms. The van der Waals surface area contributed by atoms with Crippen molar-refractivity contribution in [2.45, 2.75) is 6.54 Å². The predicted octanol–water partition coefficient (Wildman–Crippen LogP) is 4.13. The van der Waals surface area contributed by atoms with Crippen LogP contribution in [0.1, 0.15) is 10.4 Å². The van der Waals surface area contributed by atoms with E-state index in [1.54, 1.807) is 23.5 Å². The molecule has 1 aromatic heterocycles. The molecule has 86 valence electrons. The Morgan fingerprint density at radius 1 is 1.41 bits per heavy atom. The molecule has 2 nitrogen and oxygen atoms in total. The van der Waals surface area contributed by atoms with Crippen molar-refractivity contribution in [3.05, 3.63) is 50.4 Å². The minimum absolute atomic E-state index is 0.0643. The number of nitriles is 1. The highest BCUT2D eigenvalue weighted by Crippen LogP contribution is 2.21. The van der Waals surface area contributed by atoms with Gasteiger partial charge in [-0.25, -0.2) is 4.39 Å². The quantitative estimate of drug-likeness (QED) is 0.925. The smallest absolute Gasteiger partial charge is 0.143 e. The molecule has 0 radical (unpaired) electrons. The summed E-state index contributed by atoms with van der Waals surface area (Å²) in [6, 6.07) is 8.31. The van der Waals surface area contributed by atoms with Gasteiger partial charge in [-0.1, -0.05) is 0 Å². The largest absolute Gasteiger partial charge is 0.380 e. The Labute approximate surface area is 111 Å². The summed E-state index contributed by atoms with van der Waals surface area (Å²) in [6.07, 6.45) is 0. The molecule has 1 aromatic carbocycles. The molecule has 2 aromatic rings. The van der Waals surface area contributed by atoms with Crippen LogP contribution >= 0.6 is 27.3 Å². The molecule has 5 heteroatoms. The van der Waals surface area contributed by atoms with E-state index in [0.29, 0.717) is 12.2 Å². The Bertz CT molecular complexity index is 574. The molecular weight excluding hydrogens is 303 g/mol. The molecule has 0 saturated carbocycles. The van der Waals surface area contributed by atoms with Gasteiger partial charge in [-0.2, -0.15) is 5.26 Å². The van der Waals surface area contributed by atoms with Crippen LogP contribution in [0.2, 0.25) is 0 Å². The van der Waals surface area contributed by atoms with E-state index < -0.39 is 5.82 Å². The Morgan fingerprint density at radius 3 is 2.82 bits per heavy atom. The summed E-state index contributed by atoms with van der Waals surface area (Å²) in [5, 5.41) is 13.7. The van der Waals surface area contributed by atoms with Gasteiger partial charge in [0.2, 0.25) is 0 Å². The van der Waals surface area contributed by atoms with Crippen molar-refractivity contribution in [2.24, 2.45) is 0 Å². The molecule has 17 heavy (non-hydrogen) atoms. The summed E-state index contributed by atoms with van der Waals surface area (Å²) in [5.74, 6) is -0.495. The first-order chi connectivity index (χ1) is 8.19. The highest BCUT2D eigenvalue weighted by molar-refractivity contribution is 9.10. The van der Waals surface area contributed by atoms with Gasteiger partial charge in [0, 0.05) is 27.0 Å². The second kappa shape index (κ2) is 5.30. The van der Waals surface area contributed by atoms with Crippen LogP contribution in [0.3, 0.4) is 0 Å². The van der Waals surface area contributed by atoms with Crippen LogP contribution in [0.4, 0.5) is 10.1 Å². The fraction of sp³-hybridized carbons (Fsp3) is 0.0833. The lowest BCUT2D eigenvalue weighted by atomic mass is 10.2. The first kappa shape index (κ1) is 12.1. The zero-order valence-corrected chi connectivity index (χ0v) is 11.1. The fourth-order valence-electron chi connectivity index (χ4n) is 1.35. The molecule has 0 amide bonds. The molecule has 2 rings (SSSR count). The molecule has 1 N–H and O–H groups in total. The first-order valence-electron chi connectivity index (χ1n) is 4.85. The molecule has 0 aliphatic heterocycles. The lowest BCUT2D eigenvalue weighted by Gasteiger charge is -2.05. The Balaban J connectivity index is 2.05. The van der Waals surface area contributed by atoms with Crippen molar-refractivity contribution in [1.82, 2.24) is 0 Å². The van der Waals surface area contributed by atoms with E-state index in [4.69, 9.17) is 5.26 Å². The lowest BCUT2D eigenvalue weighted by molar-refractivity contribution is 0.624. The number of hydrogen-bond acceptors (Lipinski definition) is 3. The number of rotatable bonds is 3. The zero-order valence-electron chi connectivity index (χ0n) is 8.71. The summed E-state index contributed by atoms with van der Waals surface area (Å²) in [6.45, 7) is 0.640. The molecule has 0 unspecified atom stereocenters. The normalized spacial score (nSPS) is 9.94. The third-order valence-corrected chi connectivity index (χ3v) is 3.88. The maximum atomic E-state index is 13.3. The molecule has 0 atom stereocenters. The van der Waals surface area contributed by atoms with Crippen LogP contribution in [0.25, 0.3) is 0 Å². The maximum absolute atomic E-state index is 13.3. The van der Waals surface area contributed by atoms with E-state index in [-0.39, 0.29) is 5.56 Å². The number of thiophene rings is 1. The van der Waals surface area contributed by atoms with Crippen molar-refractivity contribution in [3.63, 3.8) is 0 Å². The summed E-state index contributed by atoms with van der Waals surface area (Å²) in [4.78, 5) is 1.15. The minimum Gasteiger partial charge on any atom is -0.380 e. The minimum atomic E-state index is -0.495. The third-order valence-electron chi connectivity index (χ3n) is 2.18. The van der Waals surface area contributed by atoms with Crippen molar-refractivity contribution in [1.29, 1.82) is 5.26 Å². The monoisotopic (exact) mass is 310 g/mol. The van der Waals surface area contributed by atoms with E-state index in [1.807, 2.05) is 11.4 Å². The molecule has 0 aliphatic carbocycles. The van der Waals surface area contributed by atoms with Gasteiger partial charge in [-0.15, -0.1) is 11.3 Å². The summed E-state index contributed by atoms with van der Waals surface area (Å²) < 4.78 is 14.4. The molecule has 0 bridgehead atoms. The zero-order chi connectivity index (χ0) is 12.3. The van der Waals surface area contributed by atoms with Crippen molar-refractivity contribution in [3.8, 4) is 6.07 Å². The molecule has 0 aliphatic rings. The van der Waals surface area contributed by atoms with Gasteiger partial charge in [0.05, 0.1) is 5.56 Å². The van der Waals surface area contributed by atoms with Crippen molar-refractivity contribution < 1.29 is 4.39 Å².